The first kappa shape index (κ1) is 13.8. The molecule has 0 radical (unpaired) electrons. The van der Waals surface area contributed by atoms with Crippen LogP contribution in [0.5, 0.6) is 0 Å². The van der Waals surface area contributed by atoms with Gasteiger partial charge in [-0.15, -0.1) is 0 Å². The van der Waals surface area contributed by atoms with Gasteiger partial charge in [-0.2, -0.15) is 0 Å². The summed E-state index contributed by atoms with van der Waals surface area (Å²) in [5.41, 5.74) is 0.690. The van der Waals surface area contributed by atoms with E-state index in [0.717, 1.165) is 18.2 Å². The number of rotatable bonds is 4. The highest BCUT2D eigenvalue weighted by Crippen LogP contribution is 2.26. The summed E-state index contributed by atoms with van der Waals surface area (Å²) in [7, 11) is -3.44. The van der Waals surface area contributed by atoms with Gasteiger partial charge in [0.1, 0.15) is 5.15 Å². The van der Waals surface area contributed by atoms with Gasteiger partial charge in [0.05, 0.1) is 10.4 Å². The molecule has 1 fully saturated rings. The maximum atomic E-state index is 12.2. The fourth-order valence-corrected chi connectivity index (χ4v) is 3.56. The van der Waals surface area contributed by atoms with Crippen LogP contribution in [0.15, 0.2) is 35.2 Å². The van der Waals surface area contributed by atoms with E-state index in [2.05, 4.69) is 9.71 Å². The SMILES string of the molecule is O=S(=O)(NCC1CCC1)c1ccc2nc(Cl)ccc2c1. The van der Waals surface area contributed by atoms with E-state index in [0.29, 0.717) is 23.1 Å². The van der Waals surface area contributed by atoms with Crippen molar-refractivity contribution in [2.45, 2.75) is 24.2 Å². The van der Waals surface area contributed by atoms with Crippen LogP contribution in [-0.2, 0) is 10.0 Å². The van der Waals surface area contributed by atoms with E-state index in [9.17, 15) is 8.42 Å². The topological polar surface area (TPSA) is 59.1 Å². The quantitative estimate of drug-likeness (QED) is 0.883. The van der Waals surface area contributed by atoms with E-state index >= 15 is 0 Å². The number of fused-ring (bicyclic) bond motifs is 1. The fourth-order valence-electron chi connectivity index (χ4n) is 2.25. The van der Waals surface area contributed by atoms with Crippen LogP contribution < -0.4 is 4.72 Å². The number of nitrogens with zero attached hydrogens (tertiary/aromatic N) is 1. The van der Waals surface area contributed by atoms with Gasteiger partial charge >= 0.3 is 0 Å². The molecule has 1 aliphatic carbocycles. The standard InChI is InChI=1S/C14H15ClN2O2S/c15-14-7-4-11-8-12(5-6-13(11)17-14)20(18,19)16-9-10-2-1-3-10/h4-8,10,16H,1-3,9H2. The van der Waals surface area contributed by atoms with Crippen LogP contribution in [0, 0.1) is 5.92 Å². The lowest BCUT2D eigenvalue weighted by Gasteiger charge is -2.25. The second kappa shape index (κ2) is 5.31. The second-order valence-electron chi connectivity index (χ2n) is 5.14. The third kappa shape index (κ3) is 2.80. The molecule has 4 nitrogen and oxygen atoms in total. The summed E-state index contributed by atoms with van der Waals surface area (Å²) in [5.74, 6) is 0.491. The molecule has 0 bridgehead atoms. The van der Waals surface area contributed by atoms with Crippen LogP contribution in [0.3, 0.4) is 0 Å². The van der Waals surface area contributed by atoms with Crippen molar-refractivity contribution in [1.29, 1.82) is 0 Å². The van der Waals surface area contributed by atoms with Crippen LogP contribution in [0.2, 0.25) is 5.15 Å². The number of pyridine rings is 1. The number of sulfonamides is 1. The first-order valence-electron chi connectivity index (χ1n) is 6.60. The highest BCUT2D eigenvalue weighted by atomic mass is 35.5. The Morgan fingerprint density at radius 3 is 2.75 bits per heavy atom. The molecule has 0 saturated heterocycles. The lowest BCUT2D eigenvalue weighted by atomic mass is 9.86. The Balaban J connectivity index is 1.86. The van der Waals surface area contributed by atoms with Crippen molar-refractivity contribution in [2.75, 3.05) is 6.54 Å². The molecule has 1 heterocycles. The molecule has 6 heteroatoms. The van der Waals surface area contributed by atoms with Crippen molar-refractivity contribution >= 4 is 32.5 Å². The normalized spacial score (nSPS) is 16.2. The molecule has 2 aromatic rings. The maximum Gasteiger partial charge on any atom is 0.240 e. The number of benzene rings is 1. The van der Waals surface area contributed by atoms with Gasteiger partial charge in [0, 0.05) is 11.9 Å². The van der Waals surface area contributed by atoms with E-state index in [-0.39, 0.29) is 4.90 Å². The second-order valence-corrected chi connectivity index (χ2v) is 7.29. The summed E-state index contributed by atoms with van der Waals surface area (Å²) in [6.07, 6.45) is 3.43. The predicted molar refractivity (Wildman–Crippen MR) is 79.3 cm³/mol. The molecule has 1 N–H and O–H groups in total. The zero-order chi connectivity index (χ0) is 14.2. The van der Waals surface area contributed by atoms with Gasteiger partial charge in [-0.1, -0.05) is 18.0 Å². The van der Waals surface area contributed by atoms with Crippen LogP contribution in [0.4, 0.5) is 0 Å². The zero-order valence-electron chi connectivity index (χ0n) is 10.8. The molecule has 1 saturated carbocycles. The molecule has 106 valence electrons. The van der Waals surface area contributed by atoms with Gasteiger partial charge in [-0.05, 0) is 49.1 Å². The summed E-state index contributed by atoms with van der Waals surface area (Å²) >= 11 is 5.81. The maximum absolute atomic E-state index is 12.2. The Morgan fingerprint density at radius 2 is 2.05 bits per heavy atom. The van der Waals surface area contributed by atoms with Gasteiger partial charge < -0.3 is 0 Å². The van der Waals surface area contributed by atoms with Gasteiger partial charge in [-0.3, -0.25) is 0 Å². The minimum Gasteiger partial charge on any atom is -0.236 e. The molecule has 0 aliphatic heterocycles. The van der Waals surface area contributed by atoms with Gasteiger partial charge in [-0.25, -0.2) is 18.1 Å². The van der Waals surface area contributed by atoms with Crippen LogP contribution in [-0.4, -0.2) is 19.9 Å². The van der Waals surface area contributed by atoms with Crippen LogP contribution >= 0.6 is 11.6 Å². The molecule has 20 heavy (non-hydrogen) atoms. The fraction of sp³-hybridized carbons (Fsp3) is 0.357. The predicted octanol–water partition coefficient (Wildman–Crippen LogP) is 2.97. The minimum absolute atomic E-state index is 0.272. The molecule has 3 rings (SSSR count). The molecule has 1 aromatic carbocycles. The third-order valence-corrected chi connectivity index (χ3v) is 5.36. The first-order chi connectivity index (χ1) is 9.54. The zero-order valence-corrected chi connectivity index (χ0v) is 12.4. The van der Waals surface area contributed by atoms with E-state index in [4.69, 9.17) is 11.6 Å². The van der Waals surface area contributed by atoms with Crippen LogP contribution in [0.25, 0.3) is 10.9 Å². The highest BCUT2D eigenvalue weighted by molar-refractivity contribution is 7.89. The molecule has 0 spiro atoms. The molecule has 1 aromatic heterocycles. The number of hydrogen-bond acceptors (Lipinski definition) is 3. The molecule has 0 atom stereocenters. The molecule has 0 unspecified atom stereocenters. The monoisotopic (exact) mass is 310 g/mol. The molecular formula is C14H15ClN2O2S. The van der Waals surface area contributed by atoms with Crippen molar-refractivity contribution in [3.05, 3.63) is 35.5 Å². The van der Waals surface area contributed by atoms with Crippen molar-refractivity contribution < 1.29 is 8.42 Å². The Labute approximate surface area is 123 Å². The van der Waals surface area contributed by atoms with Gasteiger partial charge in [0.15, 0.2) is 0 Å². The smallest absolute Gasteiger partial charge is 0.236 e. The van der Waals surface area contributed by atoms with Crippen molar-refractivity contribution in [3.8, 4) is 0 Å². The summed E-state index contributed by atoms with van der Waals surface area (Å²) in [6.45, 7) is 0.527. The number of nitrogens with one attached hydrogen (secondary N) is 1. The Morgan fingerprint density at radius 1 is 1.25 bits per heavy atom. The van der Waals surface area contributed by atoms with Crippen LogP contribution in [0.1, 0.15) is 19.3 Å². The average Bonchev–Trinajstić information content (AvgIpc) is 2.36. The van der Waals surface area contributed by atoms with Crippen molar-refractivity contribution in [1.82, 2.24) is 9.71 Å². The third-order valence-electron chi connectivity index (χ3n) is 3.72. The number of hydrogen-bond donors (Lipinski definition) is 1. The molecule has 0 amide bonds. The Hall–Kier alpha value is -1.17. The van der Waals surface area contributed by atoms with Gasteiger partial charge in [0.2, 0.25) is 10.0 Å². The summed E-state index contributed by atoms with van der Waals surface area (Å²) in [5, 5.41) is 1.16. The van der Waals surface area contributed by atoms with Gasteiger partial charge in [0.25, 0.3) is 0 Å². The summed E-state index contributed by atoms with van der Waals surface area (Å²) in [4.78, 5) is 4.42. The lowest BCUT2D eigenvalue weighted by Crippen LogP contribution is -2.32. The molecular weight excluding hydrogens is 296 g/mol. The number of halogens is 1. The van der Waals surface area contributed by atoms with E-state index in [1.807, 2.05) is 0 Å². The number of aromatic nitrogens is 1. The van der Waals surface area contributed by atoms with E-state index < -0.39 is 10.0 Å². The van der Waals surface area contributed by atoms with E-state index in [1.165, 1.54) is 6.42 Å². The minimum atomic E-state index is -3.44. The van der Waals surface area contributed by atoms with Crippen molar-refractivity contribution in [2.24, 2.45) is 5.92 Å². The Bertz CT molecular complexity index is 742. The largest absolute Gasteiger partial charge is 0.240 e. The lowest BCUT2D eigenvalue weighted by molar-refractivity contribution is 0.316. The highest BCUT2D eigenvalue weighted by Gasteiger charge is 2.21. The summed E-state index contributed by atoms with van der Waals surface area (Å²) < 4.78 is 27.1. The Kier molecular flexibility index (Phi) is 3.67. The summed E-state index contributed by atoms with van der Waals surface area (Å²) in [6, 6.07) is 8.30. The molecule has 1 aliphatic rings. The first-order valence-corrected chi connectivity index (χ1v) is 8.47. The van der Waals surface area contributed by atoms with E-state index in [1.54, 1.807) is 30.3 Å². The average molecular weight is 311 g/mol. The van der Waals surface area contributed by atoms with Crippen molar-refractivity contribution in [3.63, 3.8) is 0 Å².